The first-order chi connectivity index (χ1) is 8.59. The van der Waals surface area contributed by atoms with Gasteiger partial charge in [0.1, 0.15) is 0 Å². The van der Waals surface area contributed by atoms with E-state index in [9.17, 15) is 5.11 Å². The summed E-state index contributed by atoms with van der Waals surface area (Å²) in [7, 11) is 0. The van der Waals surface area contributed by atoms with Crippen molar-refractivity contribution in [2.45, 2.75) is 51.7 Å². The maximum Gasteiger partial charge on any atom is 0.0672 e. The molecule has 108 valence electrons. The van der Waals surface area contributed by atoms with Gasteiger partial charge in [-0.15, -0.1) is 0 Å². The van der Waals surface area contributed by atoms with Crippen LogP contribution < -0.4 is 5.32 Å². The highest BCUT2D eigenvalue weighted by Crippen LogP contribution is 2.26. The Hall–Kier alpha value is -0.280. The van der Waals surface area contributed by atoms with Crippen LogP contribution in [0.15, 0.2) is 18.2 Å². The Balaban J connectivity index is 2.61. The van der Waals surface area contributed by atoms with Gasteiger partial charge in [0, 0.05) is 22.0 Å². The van der Waals surface area contributed by atoms with Gasteiger partial charge in [0.2, 0.25) is 0 Å². The third-order valence-electron chi connectivity index (χ3n) is 2.90. The fourth-order valence-electron chi connectivity index (χ4n) is 1.88. The third kappa shape index (κ3) is 6.62. The normalized spacial score (nSPS) is 15.3. The molecule has 0 spiro atoms. The predicted octanol–water partition coefficient (Wildman–Crippen LogP) is 4.07. The molecule has 1 atom stereocenters. The molecule has 0 aliphatic rings. The van der Waals surface area contributed by atoms with Gasteiger partial charge >= 0.3 is 0 Å². The number of rotatable bonds is 5. The minimum absolute atomic E-state index is 0.0593. The van der Waals surface area contributed by atoms with Crippen LogP contribution in [0.2, 0.25) is 10.0 Å². The molecule has 0 aliphatic heterocycles. The van der Waals surface area contributed by atoms with Gasteiger partial charge < -0.3 is 10.4 Å². The first kappa shape index (κ1) is 16.8. The van der Waals surface area contributed by atoms with Crippen molar-refractivity contribution in [3.05, 3.63) is 33.8 Å². The molecule has 0 aliphatic carbocycles. The molecule has 0 bridgehead atoms. The van der Waals surface area contributed by atoms with Crippen LogP contribution in [0.4, 0.5) is 0 Å². The predicted molar refractivity (Wildman–Crippen MR) is 83.2 cm³/mol. The molecule has 1 aromatic carbocycles. The van der Waals surface area contributed by atoms with E-state index < -0.39 is 5.60 Å². The van der Waals surface area contributed by atoms with E-state index in [1.54, 1.807) is 12.1 Å². The molecule has 0 aromatic heterocycles. The van der Waals surface area contributed by atoms with Gasteiger partial charge in [-0.1, -0.05) is 23.2 Å². The van der Waals surface area contributed by atoms with Crippen LogP contribution in [0.1, 0.15) is 39.7 Å². The molecule has 2 nitrogen and oxygen atoms in total. The monoisotopic (exact) mass is 303 g/mol. The van der Waals surface area contributed by atoms with Gasteiger partial charge in [0.25, 0.3) is 0 Å². The van der Waals surface area contributed by atoms with Crippen molar-refractivity contribution < 1.29 is 5.11 Å². The van der Waals surface area contributed by atoms with E-state index in [1.807, 2.05) is 13.0 Å². The van der Waals surface area contributed by atoms with Crippen LogP contribution in [-0.2, 0) is 6.42 Å². The SMILES string of the molecule is CC(O)(CCNC(C)(C)C)Cc1cc(Cl)ccc1Cl. The summed E-state index contributed by atoms with van der Waals surface area (Å²) in [6.45, 7) is 8.91. The Labute approximate surface area is 126 Å². The van der Waals surface area contributed by atoms with E-state index in [0.717, 1.165) is 12.1 Å². The number of benzene rings is 1. The molecule has 4 heteroatoms. The molecule has 1 rings (SSSR count). The molecule has 1 unspecified atom stereocenters. The van der Waals surface area contributed by atoms with Gasteiger partial charge in [-0.05, 0) is 64.4 Å². The highest BCUT2D eigenvalue weighted by molar-refractivity contribution is 6.33. The summed E-state index contributed by atoms with van der Waals surface area (Å²) in [5.41, 5.74) is 0.144. The molecule has 0 fully saturated rings. The summed E-state index contributed by atoms with van der Waals surface area (Å²) in [5, 5.41) is 15.1. The number of aliphatic hydroxyl groups is 1. The van der Waals surface area contributed by atoms with Crippen LogP contribution in [0.25, 0.3) is 0 Å². The smallest absolute Gasteiger partial charge is 0.0672 e. The second-order valence-electron chi connectivity index (χ2n) is 6.34. The summed E-state index contributed by atoms with van der Waals surface area (Å²) in [5.74, 6) is 0. The fraction of sp³-hybridized carbons (Fsp3) is 0.600. The van der Waals surface area contributed by atoms with Crippen LogP contribution >= 0.6 is 23.2 Å². The largest absolute Gasteiger partial charge is 0.390 e. The second kappa shape index (κ2) is 6.45. The topological polar surface area (TPSA) is 32.3 Å². The molecular formula is C15H23Cl2NO. The number of hydrogen-bond acceptors (Lipinski definition) is 2. The zero-order chi connectivity index (χ0) is 14.7. The molecular weight excluding hydrogens is 281 g/mol. The molecule has 0 saturated heterocycles. The molecule has 1 aromatic rings. The molecule has 19 heavy (non-hydrogen) atoms. The average molecular weight is 304 g/mol. The molecule has 2 N–H and O–H groups in total. The Morgan fingerprint density at radius 1 is 1.16 bits per heavy atom. The van der Waals surface area contributed by atoms with Crippen LogP contribution in [-0.4, -0.2) is 22.8 Å². The Bertz CT molecular complexity index is 425. The number of hydrogen-bond donors (Lipinski definition) is 2. The fourth-order valence-corrected chi connectivity index (χ4v) is 2.26. The van der Waals surface area contributed by atoms with E-state index in [0.29, 0.717) is 22.9 Å². The van der Waals surface area contributed by atoms with Gasteiger partial charge in [-0.3, -0.25) is 0 Å². The first-order valence-electron chi connectivity index (χ1n) is 6.50. The van der Waals surface area contributed by atoms with Gasteiger partial charge in [0.15, 0.2) is 0 Å². The highest BCUT2D eigenvalue weighted by atomic mass is 35.5. The Kier molecular flexibility index (Phi) is 5.69. The lowest BCUT2D eigenvalue weighted by molar-refractivity contribution is 0.0500. The van der Waals surface area contributed by atoms with Crippen molar-refractivity contribution in [1.29, 1.82) is 0 Å². The second-order valence-corrected chi connectivity index (χ2v) is 7.18. The van der Waals surface area contributed by atoms with Crippen LogP contribution in [0, 0.1) is 0 Å². The summed E-state index contributed by atoms with van der Waals surface area (Å²) in [6, 6.07) is 5.33. The van der Waals surface area contributed by atoms with Gasteiger partial charge in [0.05, 0.1) is 5.60 Å². The van der Waals surface area contributed by atoms with E-state index in [4.69, 9.17) is 23.2 Å². The van der Waals surface area contributed by atoms with Crippen molar-refractivity contribution in [3.8, 4) is 0 Å². The zero-order valence-corrected chi connectivity index (χ0v) is 13.6. The quantitative estimate of drug-likeness (QED) is 0.859. The van der Waals surface area contributed by atoms with Crippen LogP contribution in [0.3, 0.4) is 0 Å². The van der Waals surface area contributed by atoms with Crippen molar-refractivity contribution in [2.24, 2.45) is 0 Å². The summed E-state index contributed by atoms with van der Waals surface area (Å²) >= 11 is 12.1. The lowest BCUT2D eigenvalue weighted by Gasteiger charge is -2.27. The molecule has 0 radical (unpaired) electrons. The van der Waals surface area contributed by atoms with Gasteiger partial charge in [-0.2, -0.15) is 0 Å². The highest BCUT2D eigenvalue weighted by Gasteiger charge is 2.23. The Morgan fingerprint density at radius 3 is 2.37 bits per heavy atom. The number of halogens is 2. The minimum atomic E-state index is -0.799. The lowest BCUT2D eigenvalue weighted by atomic mass is 9.93. The maximum absolute atomic E-state index is 10.4. The summed E-state index contributed by atoms with van der Waals surface area (Å²) in [4.78, 5) is 0. The molecule has 0 saturated carbocycles. The third-order valence-corrected chi connectivity index (χ3v) is 3.50. The van der Waals surface area contributed by atoms with Crippen molar-refractivity contribution in [2.75, 3.05) is 6.54 Å². The number of nitrogens with one attached hydrogen (secondary N) is 1. The maximum atomic E-state index is 10.4. The summed E-state index contributed by atoms with van der Waals surface area (Å²) in [6.07, 6.45) is 1.16. The summed E-state index contributed by atoms with van der Waals surface area (Å²) < 4.78 is 0. The Morgan fingerprint density at radius 2 is 1.79 bits per heavy atom. The molecule has 0 amide bonds. The standard InChI is InChI=1S/C15H23Cl2NO/c1-14(2,3)18-8-7-15(4,19)10-11-9-12(16)5-6-13(11)17/h5-6,9,18-19H,7-8,10H2,1-4H3. The van der Waals surface area contributed by atoms with Crippen molar-refractivity contribution in [3.63, 3.8) is 0 Å². The van der Waals surface area contributed by atoms with E-state index in [1.165, 1.54) is 0 Å². The van der Waals surface area contributed by atoms with Crippen molar-refractivity contribution >= 4 is 23.2 Å². The zero-order valence-electron chi connectivity index (χ0n) is 12.1. The first-order valence-corrected chi connectivity index (χ1v) is 7.26. The van der Waals surface area contributed by atoms with E-state index in [2.05, 4.69) is 26.1 Å². The van der Waals surface area contributed by atoms with Crippen LogP contribution in [0.5, 0.6) is 0 Å². The minimum Gasteiger partial charge on any atom is -0.390 e. The van der Waals surface area contributed by atoms with E-state index in [-0.39, 0.29) is 5.54 Å². The van der Waals surface area contributed by atoms with Gasteiger partial charge in [-0.25, -0.2) is 0 Å². The average Bonchev–Trinajstić information content (AvgIpc) is 2.20. The molecule has 0 heterocycles. The van der Waals surface area contributed by atoms with E-state index >= 15 is 0 Å². The van der Waals surface area contributed by atoms with Crippen molar-refractivity contribution in [1.82, 2.24) is 5.32 Å². The lowest BCUT2D eigenvalue weighted by Crippen LogP contribution is -2.40.